The van der Waals surface area contributed by atoms with Gasteiger partial charge in [-0.2, -0.15) is 0 Å². The standard InChI is InChI=1S/C15H13ClN2OS/c16-12-4-1-3-11(9-12)10-18-15(19)14-7-6-13(20-14)5-2-8-17/h1,3-4,6-7,9H,8,10,17H2,(H,18,19). The first-order valence-corrected chi connectivity index (χ1v) is 7.20. The van der Waals surface area contributed by atoms with Crippen molar-refractivity contribution in [1.82, 2.24) is 5.32 Å². The molecule has 1 aromatic carbocycles. The first kappa shape index (κ1) is 14.6. The summed E-state index contributed by atoms with van der Waals surface area (Å²) in [5.41, 5.74) is 6.27. The van der Waals surface area contributed by atoms with E-state index in [1.54, 1.807) is 12.1 Å². The summed E-state index contributed by atoms with van der Waals surface area (Å²) < 4.78 is 0. The van der Waals surface area contributed by atoms with Gasteiger partial charge in [0.1, 0.15) is 0 Å². The van der Waals surface area contributed by atoms with Crippen LogP contribution in [0.5, 0.6) is 0 Å². The third-order valence-electron chi connectivity index (χ3n) is 2.49. The molecule has 5 heteroatoms. The predicted octanol–water partition coefficient (Wildman–Crippen LogP) is 2.64. The van der Waals surface area contributed by atoms with Crippen LogP contribution in [-0.2, 0) is 6.54 Å². The Labute approximate surface area is 126 Å². The predicted molar refractivity (Wildman–Crippen MR) is 82.9 cm³/mol. The lowest BCUT2D eigenvalue weighted by Crippen LogP contribution is -2.21. The topological polar surface area (TPSA) is 55.1 Å². The van der Waals surface area contributed by atoms with Gasteiger partial charge >= 0.3 is 0 Å². The maximum Gasteiger partial charge on any atom is 0.261 e. The molecule has 0 aliphatic heterocycles. The Bertz CT molecular complexity index is 670. The largest absolute Gasteiger partial charge is 0.347 e. The number of hydrogen-bond donors (Lipinski definition) is 2. The van der Waals surface area contributed by atoms with Crippen LogP contribution in [0, 0.1) is 11.8 Å². The molecular weight excluding hydrogens is 292 g/mol. The van der Waals surface area contributed by atoms with E-state index in [1.165, 1.54) is 11.3 Å². The van der Waals surface area contributed by atoms with Crippen LogP contribution in [0.1, 0.15) is 20.1 Å². The average Bonchev–Trinajstić information content (AvgIpc) is 2.91. The van der Waals surface area contributed by atoms with Crippen molar-refractivity contribution in [1.29, 1.82) is 0 Å². The molecule has 0 unspecified atom stereocenters. The van der Waals surface area contributed by atoms with Gasteiger partial charge in [-0.1, -0.05) is 35.6 Å². The van der Waals surface area contributed by atoms with Crippen molar-refractivity contribution in [3.05, 3.63) is 56.7 Å². The maximum absolute atomic E-state index is 12.0. The number of nitrogens with one attached hydrogen (secondary N) is 1. The lowest BCUT2D eigenvalue weighted by Gasteiger charge is -2.03. The summed E-state index contributed by atoms with van der Waals surface area (Å²) in [4.78, 5) is 13.5. The number of hydrogen-bond acceptors (Lipinski definition) is 3. The van der Waals surface area contributed by atoms with Gasteiger partial charge in [0.2, 0.25) is 0 Å². The zero-order chi connectivity index (χ0) is 14.4. The molecule has 1 amide bonds. The molecule has 1 aromatic heterocycles. The molecule has 20 heavy (non-hydrogen) atoms. The normalized spacial score (nSPS) is 9.70. The number of carbonyl (C=O) groups excluding carboxylic acids is 1. The van der Waals surface area contributed by atoms with Crippen molar-refractivity contribution >= 4 is 28.8 Å². The van der Waals surface area contributed by atoms with Crippen molar-refractivity contribution in [2.75, 3.05) is 6.54 Å². The quantitative estimate of drug-likeness (QED) is 0.857. The maximum atomic E-state index is 12.0. The number of nitrogens with two attached hydrogens (primary N) is 1. The highest BCUT2D eigenvalue weighted by atomic mass is 35.5. The summed E-state index contributed by atoms with van der Waals surface area (Å²) in [5, 5.41) is 3.51. The lowest BCUT2D eigenvalue weighted by molar-refractivity contribution is 0.0955. The van der Waals surface area contributed by atoms with Crippen LogP contribution in [0.15, 0.2) is 36.4 Å². The van der Waals surface area contributed by atoms with Gasteiger partial charge in [0.05, 0.1) is 16.3 Å². The van der Waals surface area contributed by atoms with Gasteiger partial charge in [0.25, 0.3) is 5.91 Å². The zero-order valence-corrected chi connectivity index (χ0v) is 12.2. The number of rotatable bonds is 3. The monoisotopic (exact) mass is 304 g/mol. The summed E-state index contributed by atoms with van der Waals surface area (Å²) in [6.45, 7) is 0.759. The fourth-order valence-electron chi connectivity index (χ4n) is 1.58. The van der Waals surface area contributed by atoms with E-state index in [-0.39, 0.29) is 5.91 Å². The number of thiophene rings is 1. The second-order valence-electron chi connectivity index (χ2n) is 3.98. The molecule has 2 aromatic rings. The number of carbonyl (C=O) groups is 1. The fourth-order valence-corrected chi connectivity index (χ4v) is 2.59. The summed E-state index contributed by atoms with van der Waals surface area (Å²) in [6, 6.07) is 11.0. The molecule has 1 heterocycles. The molecule has 0 aliphatic rings. The Kier molecular flexibility index (Phi) is 5.19. The highest BCUT2D eigenvalue weighted by Gasteiger charge is 2.08. The van der Waals surface area contributed by atoms with E-state index in [2.05, 4.69) is 17.2 Å². The van der Waals surface area contributed by atoms with Crippen molar-refractivity contribution in [2.24, 2.45) is 5.73 Å². The minimum Gasteiger partial charge on any atom is -0.347 e. The molecule has 3 nitrogen and oxygen atoms in total. The van der Waals surface area contributed by atoms with Crippen LogP contribution >= 0.6 is 22.9 Å². The fraction of sp³-hybridized carbons (Fsp3) is 0.133. The summed E-state index contributed by atoms with van der Waals surface area (Å²) in [5.74, 6) is 5.55. The second kappa shape index (κ2) is 7.11. The molecule has 0 fully saturated rings. The Morgan fingerprint density at radius 3 is 2.95 bits per heavy atom. The third-order valence-corrected chi connectivity index (χ3v) is 3.72. The van der Waals surface area contributed by atoms with Gasteiger partial charge in [-0.25, -0.2) is 0 Å². The van der Waals surface area contributed by atoms with Crippen LogP contribution in [-0.4, -0.2) is 12.5 Å². The van der Waals surface area contributed by atoms with Crippen LogP contribution in [0.25, 0.3) is 0 Å². The lowest BCUT2D eigenvalue weighted by atomic mass is 10.2. The Morgan fingerprint density at radius 1 is 1.35 bits per heavy atom. The molecule has 102 valence electrons. The molecule has 0 atom stereocenters. The van der Waals surface area contributed by atoms with Gasteiger partial charge in [0, 0.05) is 11.6 Å². The van der Waals surface area contributed by atoms with E-state index in [0.29, 0.717) is 23.0 Å². The molecule has 0 saturated heterocycles. The first-order chi connectivity index (χ1) is 9.69. The highest BCUT2D eigenvalue weighted by molar-refractivity contribution is 7.14. The van der Waals surface area contributed by atoms with Crippen LogP contribution in [0.3, 0.4) is 0 Å². The van der Waals surface area contributed by atoms with Gasteiger partial charge in [-0.15, -0.1) is 11.3 Å². The Balaban J connectivity index is 1.96. The first-order valence-electron chi connectivity index (χ1n) is 6.00. The SMILES string of the molecule is NCC#Cc1ccc(C(=O)NCc2cccc(Cl)c2)s1. The smallest absolute Gasteiger partial charge is 0.261 e. The van der Waals surface area contributed by atoms with Crippen LogP contribution in [0.4, 0.5) is 0 Å². The zero-order valence-electron chi connectivity index (χ0n) is 10.7. The van der Waals surface area contributed by atoms with Gasteiger partial charge in [0.15, 0.2) is 0 Å². The summed E-state index contributed by atoms with van der Waals surface area (Å²) in [6.07, 6.45) is 0. The van der Waals surface area contributed by atoms with E-state index in [1.807, 2.05) is 24.3 Å². The molecule has 0 saturated carbocycles. The molecule has 0 aliphatic carbocycles. The number of amides is 1. The Hall–Kier alpha value is -1.80. The molecular formula is C15H13ClN2OS. The van der Waals surface area contributed by atoms with E-state index in [4.69, 9.17) is 17.3 Å². The van der Waals surface area contributed by atoms with Crippen molar-refractivity contribution < 1.29 is 4.79 Å². The number of benzene rings is 1. The van der Waals surface area contributed by atoms with Gasteiger partial charge < -0.3 is 11.1 Å². The van der Waals surface area contributed by atoms with Crippen molar-refractivity contribution in [3.8, 4) is 11.8 Å². The minimum absolute atomic E-state index is 0.115. The minimum atomic E-state index is -0.115. The van der Waals surface area contributed by atoms with E-state index >= 15 is 0 Å². The van der Waals surface area contributed by atoms with E-state index < -0.39 is 0 Å². The van der Waals surface area contributed by atoms with Crippen molar-refractivity contribution in [3.63, 3.8) is 0 Å². The molecule has 0 spiro atoms. The molecule has 0 bridgehead atoms. The summed E-state index contributed by atoms with van der Waals surface area (Å²) >= 11 is 7.24. The van der Waals surface area contributed by atoms with Crippen molar-refractivity contribution in [2.45, 2.75) is 6.54 Å². The average molecular weight is 305 g/mol. The van der Waals surface area contributed by atoms with Gasteiger partial charge in [-0.3, -0.25) is 4.79 Å². The highest BCUT2D eigenvalue weighted by Crippen LogP contribution is 2.16. The van der Waals surface area contributed by atoms with Crippen LogP contribution in [0.2, 0.25) is 5.02 Å². The summed E-state index contributed by atoms with van der Waals surface area (Å²) in [7, 11) is 0. The number of halogens is 1. The third kappa shape index (κ3) is 4.10. The molecule has 2 rings (SSSR count). The Morgan fingerprint density at radius 2 is 2.20 bits per heavy atom. The van der Waals surface area contributed by atoms with Gasteiger partial charge in [-0.05, 0) is 29.8 Å². The van der Waals surface area contributed by atoms with E-state index in [9.17, 15) is 4.79 Å². The second-order valence-corrected chi connectivity index (χ2v) is 5.50. The molecule has 0 radical (unpaired) electrons. The van der Waals surface area contributed by atoms with E-state index in [0.717, 1.165) is 10.4 Å². The molecule has 3 N–H and O–H groups in total. The van der Waals surface area contributed by atoms with Crippen LogP contribution < -0.4 is 11.1 Å².